The predicted molar refractivity (Wildman–Crippen MR) is 63.9 cm³/mol. The van der Waals surface area contributed by atoms with Crippen molar-refractivity contribution in [3.8, 4) is 0 Å². The quantitative estimate of drug-likeness (QED) is 0.746. The summed E-state index contributed by atoms with van der Waals surface area (Å²) in [4.78, 5) is 0. The van der Waals surface area contributed by atoms with Crippen molar-refractivity contribution in [2.45, 2.75) is 26.3 Å². The van der Waals surface area contributed by atoms with Gasteiger partial charge in [0.1, 0.15) is 0 Å². The Labute approximate surface area is 92.3 Å². The van der Waals surface area contributed by atoms with Crippen LogP contribution in [0.2, 0.25) is 0 Å². The molecule has 1 unspecified atom stereocenters. The Morgan fingerprint density at radius 1 is 1.20 bits per heavy atom. The van der Waals surface area contributed by atoms with Gasteiger partial charge in [-0.15, -0.1) is 0 Å². The smallest absolute Gasteiger partial charge is 0.0474 e. The predicted octanol–water partition coefficient (Wildman–Crippen LogP) is 1.84. The topological polar surface area (TPSA) is 32.3 Å². The van der Waals surface area contributed by atoms with E-state index < -0.39 is 0 Å². The Morgan fingerprint density at radius 3 is 2.40 bits per heavy atom. The van der Waals surface area contributed by atoms with E-state index in [9.17, 15) is 5.11 Å². The van der Waals surface area contributed by atoms with Crippen LogP contribution in [-0.4, -0.2) is 24.3 Å². The van der Waals surface area contributed by atoms with Crippen LogP contribution < -0.4 is 5.32 Å². The van der Waals surface area contributed by atoms with Crippen molar-refractivity contribution in [2.75, 3.05) is 13.2 Å². The van der Waals surface area contributed by atoms with Crippen LogP contribution in [0, 0.1) is 5.92 Å². The van der Waals surface area contributed by atoms with Gasteiger partial charge in [-0.3, -0.25) is 0 Å². The van der Waals surface area contributed by atoms with Gasteiger partial charge >= 0.3 is 0 Å². The summed E-state index contributed by atoms with van der Waals surface area (Å²) in [5.41, 5.74) is 1.29. The third-order valence-electron chi connectivity index (χ3n) is 2.44. The summed E-state index contributed by atoms with van der Waals surface area (Å²) in [6.45, 7) is 5.37. The minimum absolute atomic E-state index is 0.245. The van der Waals surface area contributed by atoms with E-state index in [-0.39, 0.29) is 6.61 Å². The zero-order chi connectivity index (χ0) is 11.1. The van der Waals surface area contributed by atoms with Crippen molar-refractivity contribution in [3.05, 3.63) is 35.9 Å². The molecule has 2 nitrogen and oxygen atoms in total. The van der Waals surface area contributed by atoms with Gasteiger partial charge in [-0.1, -0.05) is 44.2 Å². The molecule has 84 valence electrons. The highest BCUT2D eigenvalue weighted by molar-refractivity contribution is 5.15. The Hall–Kier alpha value is -0.860. The van der Waals surface area contributed by atoms with Gasteiger partial charge in [-0.25, -0.2) is 0 Å². The van der Waals surface area contributed by atoms with Gasteiger partial charge in [0, 0.05) is 19.2 Å². The third kappa shape index (κ3) is 4.96. The first kappa shape index (κ1) is 12.2. The van der Waals surface area contributed by atoms with Crippen LogP contribution in [-0.2, 0) is 6.42 Å². The fourth-order valence-electron chi connectivity index (χ4n) is 1.55. The summed E-state index contributed by atoms with van der Waals surface area (Å²) in [6.07, 6.45) is 0.942. The van der Waals surface area contributed by atoms with E-state index in [0.29, 0.717) is 12.0 Å². The Morgan fingerprint density at radius 2 is 1.87 bits per heavy atom. The maximum Gasteiger partial charge on any atom is 0.0474 e. The highest BCUT2D eigenvalue weighted by Crippen LogP contribution is 2.07. The van der Waals surface area contributed by atoms with E-state index in [2.05, 4.69) is 31.3 Å². The Balaban J connectivity index is 2.40. The Kier molecular flexibility index (Phi) is 5.37. The van der Waals surface area contributed by atoms with E-state index in [1.54, 1.807) is 0 Å². The van der Waals surface area contributed by atoms with Gasteiger partial charge in [0.05, 0.1) is 0 Å². The van der Waals surface area contributed by atoms with Gasteiger partial charge in [-0.05, 0) is 17.9 Å². The first-order valence-corrected chi connectivity index (χ1v) is 5.60. The molecule has 1 aromatic carbocycles. The van der Waals surface area contributed by atoms with Crippen molar-refractivity contribution < 1.29 is 5.11 Å². The molecular weight excluding hydrogens is 186 g/mol. The molecule has 0 aliphatic heterocycles. The monoisotopic (exact) mass is 207 g/mol. The summed E-state index contributed by atoms with van der Waals surface area (Å²) >= 11 is 0. The van der Waals surface area contributed by atoms with Crippen molar-refractivity contribution in [1.29, 1.82) is 0 Å². The molecule has 0 saturated carbocycles. The molecule has 0 fully saturated rings. The van der Waals surface area contributed by atoms with Crippen LogP contribution in [0.5, 0.6) is 0 Å². The molecule has 0 saturated heterocycles. The second-order valence-electron chi connectivity index (χ2n) is 4.30. The fourth-order valence-corrected chi connectivity index (χ4v) is 1.55. The molecule has 1 atom stereocenters. The summed E-state index contributed by atoms with van der Waals surface area (Å²) < 4.78 is 0. The van der Waals surface area contributed by atoms with Gasteiger partial charge in [-0.2, -0.15) is 0 Å². The molecule has 0 radical (unpaired) electrons. The molecule has 1 aromatic rings. The maximum atomic E-state index is 9.26. The number of rotatable bonds is 6. The lowest BCUT2D eigenvalue weighted by atomic mass is 10.00. The Bertz CT molecular complexity index is 258. The average Bonchev–Trinajstić information content (AvgIpc) is 2.25. The molecular formula is C13H21NO. The van der Waals surface area contributed by atoms with E-state index >= 15 is 0 Å². The van der Waals surface area contributed by atoms with Gasteiger partial charge in [0.2, 0.25) is 0 Å². The van der Waals surface area contributed by atoms with Gasteiger partial charge in [0.25, 0.3) is 0 Å². The molecule has 0 amide bonds. The lowest BCUT2D eigenvalue weighted by Crippen LogP contribution is -2.31. The largest absolute Gasteiger partial charge is 0.396 e. The highest BCUT2D eigenvalue weighted by Gasteiger charge is 2.08. The summed E-state index contributed by atoms with van der Waals surface area (Å²) in [7, 11) is 0. The molecule has 2 heteroatoms. The molecule has 0 spiro atoms. The van der Waals surface area contributed by atoms with E-state index in [0.717, 1.165) is 13.0 Å². The fraction of sp³-hybridized carbons (Fsp3) is 0.538. The molecule has 2 N–H and O–H groups in total. The van der Waals surface area contributed by atoms with Gasteiger partial charge < -0.3 is 10.4 Å². The summed E-state index contributed by atoms with van der Waals surface area (Å²) in [6, 6.07) is 10.8. The number of benzene rings is 1. The standard InChI is InChI=1S/C13H21NO/c1-11(2)14-9-13(10-15)8-12-6-4-3-5-7-12/h3-7,11,13-15H,8-10H2,1-2H3. The number of aliphatic hydroxyl groups is 1. The van der Waals surface area contributed by atoms with Crippen molar-refractivity contribution in [1.82, 2.24) is 5.32 Å². The van der Waals surface area contributed by atoms with E-state index in [4.69, 9.17) is 0 Å². The van der Waals surface area contributed by atoms with E-state index in [1.807, 2.05) is 18.2 Å². The lowest BCUT2D eigenvalue weighted by Gasteiger charge is -2.16. The van der Waals surface area contributed by atoms with E-state index in [1.165, 1.54) is 5.56 Å². The minimum atomic E-state index is 0.245. The van der Waals surface area contributed by atoms with Crippen LogP contribution in [0.1, 0.15) is 19.4 Å². The SMILES string of the molecule is CC(C)NCC(CO)Cc1ccccc1. The lowest BCUT2D eigenvalue weighted by molar-refractivity contribution is 0.219. The van der Waals surface area contributed by atoms with Crippen molar-refractivity contribution in [3.63, 3.8) is 0 Å². The molecule has 15 heavy (non-hydrogen) atoms. The molecule has 1 rings (SSSR count). The number of nitrogens with one attached hydrogen (secondary N) is 1. The first-order valence-electron chi connectivity index (χ1n) is 5.60. The molecule has 0 aliphatic rings. The van der Waals surface area contributed by atoms with Gasteiger partial charge in [0.15, 0.2) is 0 Å². The summed E-state index contributed by atoms with van der Waals surface area (Å²) in [5.74, 6) is 0.315. The van der Waals surface area contributed by atoms with Crippen LogP contribution in [0.3, 0.4) is 0 Å². The zero-order valence-electron chi connectivity index (χ0n) is 9.61. The highest BCUT2D eigenvalue weighted by atomic mass is 16.3. The van der Waals surface area contributed by atoms with Crippen LogP contribution in [0.4, 0.5) is 0 Å². The number of hydrogen-bond donors (Lipinski definition) is 2. The summed E-state index contributed by atoms with van der Waals surface area (Å²) in [5, 5.41) is 12.6. The number of hydrogen-bond acceptors (Lipinski definition) is 2. The minimum Gasteiger partial charge on any atom is -0.396 e. The third-order valence-corrected chi connectivity index (χ3v) is 2.44. The molecule has 0 bridgehead atoms. The van der Waals surface area contributed by atoms with Crippen LogP contribution in [0.15, 0.2) is 30.3 Å². The second kappa shape index (κ2) is 6.59. The van der Waals surface area contributed by atoms with Crippen molar-refractivity contribution >= 4 is 0 Å². The molecule has 0 aromatic heterocycles. The average molecular weight is 207 g/mol. The second-order valence-corrected chi connectivity index (χ2v) is 4.30. The zero-order valence-corrected chi connectivity index (χ0v) is 9.61. The molecule has 0 aliphatic carbocycles. The van der Waals surface area contributed by atoms with Crippen molar-refractivity contribution in [2.24, 2.45) is 5.92 Å². The first-order chi connectivity index (χ1) is 7.22. The normalized spacial score (nSPS) is 13.1. The van der Waals surface area contributed by atoms with Crippen LogP contribution in [0.25, 0.3) is 0 Å². The number of aliphatic hydroxyl groups excluding tert-OH is 1. The maximum absolute atomic E-state index is 9.26. The molecule has 0 heterocycles. The van der Waals surface area contributed by atoms with Crippen LogP contribution >= 0.6 is 0 Å².